The maximum absolute atomic E-state index is 13.4. The van der Waals surface area contributed by atoms with Crippen LogP contribution in [-0.2, 0) is 4.79 Å². The monoisotopic (exact) mass is 378 g/mol. The standard InChI is InChI=1S/C22H19FN2O3/c23-16-6-3-7-18(12-16)25-22(27)19-10-14-4-1-2-5-15(14)11-20(19)28-13-21(26)24-17-8-9-17/h1-7,10-12,17H,8-9,13H2,(H,24,26)(H,25,27). The molecule has 28 heavy (non-hydrogen) atoms. The van der Waals surface area contributed by atoms with Crippen LogP contribution in [0.4, 0.5) is 10.1 Å². The molecule has 1 aliphatic carbocycles. The molecular weight excluding hydrogens is 359 g/mol. The van der Waals surface area contributed by atoms with Crippen LogP contribution < -0.4 is 15.4 Å². The van der Waals surface area contributed by atoms with Gasteiger partial charge in [0.05, 0.1) is 5.56 Å². The fourth-order valence-electron chi connectivity index (χ4n) is 2.92. The summed E-state index contributed by atoms with van der Waals surface area (Å²) in [5.74, 6) is -0.788. The number of benzene rings is 3. The Hall–Kier alpha value is -3.41. The zero-order chi connectivity index (χ0) is 19.5. The molecule has 2 N–H and O–H groups in total. The predicted octanol–water partition coefficient (Wildman–Crippen LogP) is 3.89. The van der Waals surface area contributed by atoms with Gasteiger partial charge >= 0.3 is 0 Å². The smallest absolute Gasteiger partial charge is 0.259 e. The number of carbonyl (C=O) groups excluding carboxylic acids is 2. The van der Waals surface area contributed by atoms with Crippen LogP contribution in [0.25, 0.3) is 10.8 Å². The molecule has 0 bridgehead atoms. The minimum absolute atomic E-state index is 0.172. The summed E-state index contributed by atoms with van der Waals surface area (Å²) in [5.41, 5.74) is 0.623. The fourth-order valence-corrected chi connectivity index (χ4v) is 2.92. The van der Waals surface area contributed by atoms with Crippen LogP contribution in [-0.4, -0.2) is 24.5 Å². The highest BCUT2D eigenvalue weighted by atomic mass is 19.1. The molecule has 0 aliphatic heterocycles. The van der Waals surface area contributed by atoms with Gasteiger partial charge in [-0.1, -0.05) is 30.3 Å². The molecule has 0 radical (unpaired) electrons. The van der Waals surface area contributed by atoms with Crippen LogP contribution in [0.3, 0.4) is 0 Å². The maximum Gasteiger partial charge on any atom is 0.259 e. The van der Waals surface area contributed by atoms with Crippen LogP contribution in [0.5, 0.6) is 5.75 Å². The second-order valence-corrected chi connectivity index (χ2v) is 6.79. The molecular formula is C22H19FN2O3. The molecule has 0 spiro atoms. The zero-order valence-electron chi connectivity index (χ0n) is 15.1. The van der Waals surface area contributed by atoms with Crippen LogP contribution in [0.2, 0.25) is 0 Å². The molecule has 3 aromatic carbocycles. The number of amides is 2. The van der Waals surface area contributed by atoms with Gasteiger partial charge in [-0.3, -0.25) is 9.59 Å². The van der Waals surface area contributed by atoms with Crippen LogP contribution in [0.1, 0.15) is 23.2 Å². The number of anilines is 1. The van der Waals surface area contributed by atoms with Crippen molar-refractivity contribution in [2.45, 2.75) is 18.9 Å². The summed E-state index contributed by atoms with van der Waals surface area (Å²) in [5, 5.41) is 7.28. The van der Waals surface area contributed by atoms with Crippen molar-refractivity contribution in [2.24, 2.45) is 0 Å². The van der Waals surface area contributed by atoms with E-state index in [9.17, 15) is 14.0 Å². The average Bonchev–Trinajstić information content (AvgIpc) is 3.49. The number of nitrogens with one attached hydrogen (secondary N) is 2. The minimum atomic E-state index is -0.440. The molecule has 2 amide bonds. The van der Waals surface area contributed by atoms with Crippen molar-refractivity contribution in [1.82, 2.24) is 5.32 Å². The first-order valence-corrected chi connectivity index (χ1v) is 9.10. The van der Waals surface area contributed by atoms with Crippen molar-refractivity contribution < 1.29 is 18.7 Å². The van der Waals surface area contributed by atoms with Crippen LogP contribution in [0, 0.1) is 5.82 Å². The Bertz CT molecular complexity index is 1050. The Morgan fingerprint density at radius 1 is 1.00 bits per heavy atom. The van der Waals surface area contributed by atoms with Crippen molar-refractivity contribution in [2.75, 3.05) is 11.9 Å². The van der Waals surface area contributed by atoms with E-state index in [1.54, 1.807) is 18.2 Å². The number of ether oxygens (including phenoxy) is 1. The molecule has 1 aliphatic rings. The number of fused-ring (bicyclic) bond motifs is 1. The Morgan fingerprint density at radius 2 is 1.75 bits per heavy atom. The second-order valence-electron chi connectivity index (χ2n) is 6.79. The van der Waals surface area contributed by atoms with Crippen LogP contribution >= 0.6 is 0 Å². The first-order chi connectivity index (χ1) is 13.6. The first kappa shape index (κ1) is 18.0. The van der Waals surface area contributed by atoms with Gasteiger partial charge in [0.2, 0.25) is 0 Å². The van der Waals surface area contributed by atoms with Crippen molar-refractivity contribution in [3.63, 3.8) is 0 Å². The Morgan fingerprint density at radius 3 is 2.46 bits per heavy atom. The fraction of sp³-hybridized carbons (Fsp3) is 0.182. The summed E-state index contributed by atoms with van der Waals surface area (Å²) in [6.07, 6.45) is 1.98. The molecule has 0 unspecified atom stereocenters. The summed E-state index contributed by atoms with van der Waals surface area (Å²) < 4.78 is 19.1. The number of carbonyl (C=O) groups is 2. The van der Waals surface area contributed by atoms with Gasteiger partial charge in [0.1, 0.15) is 11.6 Å². The number of rotatable bonds is 6. The average molecular weight is 378 g/mol. The summed E-state index contributed by atoms with van der Waals surface area (Å²) in [6.45, 7) is -0.172. The normalized spacial score (nSPS) is 13.2. The molecule has 142 valence electrons. The Labute approximate surface area is 161 Å². The maximum atomic E-state index is 13.4. The van der Waals surface area contributed by atoms with E-state index in [0.717, 1.165) is 23.6 Å². The second kappa shape index (κ2) is 7.68. The number of halogens is 1. The highest BCUT2D eigenvalue weighted by molar-refractivity contribution is 6.08. The zero-order valence-corrected chi connectivity index (χ0v) is 15.1. The van der Waals surface area contributed by atoms with E-state index < -0.39 is 11.7 Å². The van der Waals surface area contributed by atoms with Gasteiger partial charge in [0.15, 0.2) is 6.61 Å². The lowest BCUT2D eigenvalue weighted by Gasteiger charge is -2.13. The molecule has 0 saturated heterocycles. The van der Waals surface area contributed by atoms with Gasteiger partial charge in [-0.15, -0.1) is 0 Å². The van der Waals surface area contributed by atoms with Crippen molar-refractivity contribution in [1.29, 1.82) is 0 Å². The molecule has 6 heteroatoms. The van der Waals surface area contributed by atoms with E-state index in [2.05, 4.69) is 10.6 Å². The molecule has 3 aromatic rings. The number of hydrogen-bond donors (Lipinski definition) is 2. The third kappa shape index (κ3) is 4.28. The Kier molecular flexibility index (Phi) is 4.93. The molecule has 1 fully saturated rings. The van der Waals surface area contributed by atoms with Gasteiger partial charge in [0.25, 0.3) is 11.8 Å². The summed E-state index contributed by atoms with van der Waals surface area (Å²) in [6, 6.07) is 16.9. The Balaban J connectivity index is 1.60. The quantitative estimate of drug-likeness (QED) is 0.684. The molecule has 0 heterocycles. The van der Waals surface area contributed by atoms with E-state index in [1.165, 1.54) is 18.2 Å². The van der Waals surface area contributed by atoms with Gasteiger partial charge in [-0.05, 0) is 53.9 Å². The van der Waals surface area contributed by atoms with Gasteiger partial charge in [-0.25, -0.2) is 4.39 Å². The van der Waals surface area contributed by atoms with E-state index in [0.29, 0.717) is 11.4 Å². The summed E-state index contributed by atoms with van der Waals surface area (Å²) >= 11 is 0. The highest BCUT2D eigenvalue weighted by Gasteiger charge is 2.23. The lowest BCUT2D eigenvalue weighted by Crippen LogP contribution is -2.30. The first-order valence-electron chi connectivity index (χ1n) is 9.10. The minimum Gasteiger partial charge on any atom is -0.483 e. The molecule has 0 aromatic heterocycles. The van der Waals surface area contributed by atoms with E-state index in [-0.39, 0.29) is 24.1 Å². The summed E-state index contributed by atoms with van der Waals surface area (Å²) in [7, 11) is 0. The lowest BCUT2D eigenvalue weighted by molar-refractivity contribution is -0.123. The van der Waals surface area contributed by atoms with E-state index >= 15 is 0 Å². The third-order valence-electron chi connectivity index (χ3n) is 4.48. The molecule has 5 nitrogen and oxygen atoms in total. The predicted molar refractivity (Wildman–Crippen MR) is 105 cm³/mol. The van der Waals surface area contributed by atoms with Crippen LogP contribution in [0.15, 0.2) is 60.7 Å². The summed E-state index contributed by atoms with van der Waals surface area (Å²) in [4.78, 5) is 24.8. The SMILES string of the molecule is O=C(COc1cc2ccccc2cc1C(=O)Nc1cccc(F)c1)NC1CC1. The van der Waals surface area contributed by atoms with E-state index in [1.807, 2.05) is 24.3 Å². The van der Waals surface area contributed by atoms with Gasteiger partial charge in [0, 0.05) is 11.7 Å². The van der Waals surface area contributed by atoms with Crippen molar-refractivity contribution >= 4 is 28.3 Å². The van der Waals surface area contributed by atoms with Crippen molar-refractivity contribution in [3.8, 4) is 5.75 Å². The largest absolute Gasteiger partial charge is 0.483 e. The van der Waals surface area contributed by atoms with Gasteiger partial charge < -0.3 is 15.4 Å². The topological polar surface area (TPSA) is 67.4 Å². The molecule has 4 rings (SSSR count). The molecule has 0 atom stereocenters. The van der Waals surface area contributed by atoms with E-state index in [4.69, 9.17) is 4.74 Å². The third-order valence-corrected chi connectivity index (χ3v) is 4.48. The highest BCUT2D eigenvalue weighted by Crippen LogP contribution is 2.27. The lowest BCUT2D eigenvalue weighted by atomic mass is 10.1. The number of hydrogen-bond acceptors (Lipinski definition) is 3. The molecule has 1 saturated carbocycles. The van der Waals surface area contributed by atoms with Crippen molar-refractivity contribution in [3.05, 3.63) is 72.0 Å². The van der Waals surface area contributed by atoms with Gasteiger partial charge in [-0.2, -0.15) is 0 Å².